The van der Waals surface area contributed by atoms with Crippen LogP contribution in [0.3, 0.4) is 0 Å². The van der Waals surface area contributed by atoms with Crippen molar-refractivity contribution in [3.8, 4) is 0 Å². The molecule has 16 heavy (non-hydrogen) atoms. The van der Waals surface area contributed by atoms with Crippen molar-refractivity contribution in [1.82, 2.24) is 4.98 Å². The van der Waals surface area contributed by atoms with Crippen molar-refractivity contribution in [2.45, 2.75) is 13.0 Å². The smallest absolute Gasteiger partial charge is 0.126 e. The summed E-state index contributed by atoms with van der Waals surface area (Å²) in [6.07, 6.45) is 0. The average Bonchev–Trinajstić information content (AvgIpc) is 2.26. The summed E-state index contributed by atoms with van der Waals surface area (Å²) in [6, 6.07) is 8.29. The normalized spacial score (nSPS) is 12.7. The zero-order chi connectivity index (χ0) is 11.5. The summed E-state index contributed by atoms with van der Waals surface area (Å²) in [5.74, 6) is 0.516. The lowest BCUT2D eigenvalue weighted by atomic mass is 10.2. The molecule has 2 aromatic rings. The molecule has 2 rings (SSSR count). The Morgan fingerprint density at radius 2 is 2.19 bits per heavy atom. The van der Waals surface area contributed by atoms with Crippen LogP contribution in [-0.4, -0.2) is 17.6 Å². The molecular formula is C12H14FN3. The van der Waals surface area contributed by atoms with Crippen molar-refractivity contribution in [3.63, 3.8) is 0 Å². The lowest BCUT2D eigenvalue weighted by molar-refractivity contribution is 0.629. The van der Waals surface area contributed by atoms with Crippen LogP contribution in [0, 0.1) is 5.82 Å². The molecule has 84 valence electrons. The topological polar surface area (TPSA) is 50.9 Å². The van der Waals surface area contributed by atoms with E-state index in [1.54, 1.807) is 6.07 Å². The van der Waals surface area contributed by atoms with Crippen LogP contribution in [0.25, 0.3) is 10.9 Å². The Morgan fingerprint density at radius 1 is 1.38 bits per heavy atom. The van der Waals surface area contributed by atoms with Gasteiger partial charge < -0.3 is 11.1 Å². The second-order valence-electron chi connectivity index (χ2n) is 3.89. The van der Waals surface area contributed by atoms with Crippen LogP contribution in [0.4, 0.5) is 10.2 Å². The third kappa shape index (κ3) is 2.46. The number of benzene rings is 1. The highest BCUT2D eigenvalue weighted by Crippen LogP contribution is 2.16. The molecule has 3 nitrogen and oxygen atoms in total. The van der Waals surface area contributed by atoms with E-state index in [9.17, 15) is 4.39 Å². The van der Waals surface area contributed by atoms with Gasteiger partial charge in [0.1, 0.15) is 11.6 Å². The van der Waals surface area contributed by atoms with E-state index in [0.29, 0.717) is 6.54 Å². The lowest BCUT2D eigenvalue weighted by Gasteiger charge is -2.08. The predicted molar refractivity (Wildman–Crippen MR) is 63.8 cm³/mol. The SMILES string of the molecule is CC(N)CNc1ccc2cc(F)ccc2n1. The van der Waals surface area contributed by atoms with Gasteiger partial charge in [-0.25, -0.2) is 9.37 Å². The minimum atomic E-state index is -0.245. The Balaban J connectivity index is 2.26. The fourth-order valence-corrected chi connectivity index (χ4v) is 1.46. The molecule has 0 aliphatic rings. The highest BCUT2D eigenvalue weighted by molar-refractivity contribution is 5.80. The van der Waals surface area contributed by atoms with Crippen LogP contribution >= 0.6 is 0 Å². The molecule has 1 aromatic heterocycles. The second kappa shape index (κ2) is 4.45. The molecule has 0 amide bonds. The van der Waals surface area contributed by atoms with Gasteiger partial charge in [0.2, 0.25) is 0 Å². The Hall–Kier alpha value is -1.68. The van der Waals surface area contributed by atoms with Gasteiger partial charge in [0.25, 0.3) is 0 Å². The van der Waals surface area contributed by atoms with Crippen molar-refractivity contribution in [2.75, 3.05) is 11.9 Å². The summed E-state index contributed by atoms with van der Waals surface area (Å²) in [5, 5.41) is 3.92. The van der Waals surface area contributed by atoms with Crippen LogP contribution in [0.2, 0.25) is 0 Å². The van der Waals surface area contributed by atoms with E-state index < -0.39 is 0 Å². The molecule has 0 aliphatic heterocycles. The van der Waals surface area contributed by atoms with E-state index in [1.807, 2.05) is 19.1 Å². The first-order valence-electron chi connectivity index (χ1n) is 5.21. The molecule has 1 unspecified atom stereocenters. The number of pyridine rings is 1. The number of hydrogen-bond donors (Lipinski definition) is 2. The quantitative estimate of drug-likeness (QED) is 0.831. The number of nitrogens with one attached hydrogen (secondary N) is 1. The molecule has 0 spiro atoms. The Bertz CT molecular complexity index is 497. The van der Waals surface area contributed by atoms with E-state index in [0.717, 1.165) is 16.7 Å². The zero-order valence-corrected chi connectivity index (χ0v) is 9.07. The maximum atomic E-state index is 12.9. The van der Waals surface area contributed by atoms with Crippen molar-refractivity contribution in [3.05, 3.63) is 36.1 Å². The minimum absolute atomic E-state index is 0.0747. The van der Waals surface area contributed by atoms with Gasteiger partial charge in [-0.2, -0.15) is 0 Å². The molecule has 1 aromatic carbocycles. The fourth-order valence-electron chi connectivity index (χ4n) is 1.46. The molecule has 1 heterocycles. The molecule has 0 saturated heterocycles. The number of aromatic nitrogens is 1. The summed E-state index contributed by atoms with van der Waals surface area (Å²) in [6.45, 7) is 2.59. The van der Waals surface area contributed by atoms with Gasteiger partial charge in [-0.15, -0.1) is 0 Å². The monoisotopic (exact) mass is 219 g/mol. The number of halogens is 1. The first kappa shape index (κ1) is 10.8. The first-order chi connectivity index (χ1) is 7.65. The Morgan fingerprint density at radius 3 is 2.94 bits per heavy atom. The van der Waals surface area contributed by atoms with E-state index in [4.69, 9.17) is 5.73 Å². The van der Waals surface area contributed by atoms with Gasteiger partial charge in [0.15, 0.2) is 0 Å². The largest absolute Gasteiger partial charge is 0.369 e. The van der Waals surface area contributed by atoms with Gasteiger partial charge >= 0.3 is 0 Å². The third-order valence-electron chi connectivity index (χ3n) is 2.26. The van der Waals surface area contributed by atoms with Gasteiger partial charge in [0, 0.05) is 18.0 Å². The number of hydrogen-bond acceptors (Lipinski definition) is 3. The molecule has 0 aliphatic carbocycles. The van der Waals surface area contributed by atoms with E-state index in [1.165, 1.54) is 12.1 Å². The molecule has 1 atom stereocenters. The predicted octanol–water partition coefficient (Wildman–Crippen LogP) is 2.13. The molecule has 3 N–H and O–H groups in total. The minimum Gasteiger partial charge on any atom is -0.369 e. The van der Waals surface area contributed by atoms with Gasteiger partial charge in [-0.3, -0.25) is 0 Å². The van der Waals surface area contributed by atoms with Crippen LogP contribution in [0.1, 0.15) is 6.92 Å². The Labute approximate surface area is 93.5 Å². The number of nitrogens with zero attached hydrogens (tertiary/aromatic N) is 1. The van der Waals surface area contributed by atoms with Crippen molar-refractivity contribution in [1.29, 1.82) is 0 Å². The third-order valence-corrected chi connectivity index (χ3v) is 2.26. The van der Waals surface area contributed by atoms with Gasteiger partial charge in [-0.05, 0) is 37.3 Å². The summed E-state index contributed by atoms with van der Waals surface area (Å²) < 4.78 is 12.9. The Kier molecular flexibility index (Phi) is 3.01. The summed E-state index contributed by atoms with van der Waals surface area (Å²) >= 11 is 0. The van der Waals surface area contributed by atoms with E-state index in [-0.39, 0.29) is 11.9 Å². The van der Waals surface area contributed by atoms with Crippen LogP contribution < -0.4 is 11.1 Å². The lowest BCUT2D eigenvalue weighted by Crippen LogP contribution is -2.25. The molecule has 0 fully saturated rings. The fraction of sp³-hybridized carbons (Fsp3) is 0.250. The molecule has 0 saturated carbocycles. The summed E-state index contributed by atoms with van der Waals surface area (Å²) in [5.41, 5.74) is 6.41. The number of fused-ring (bicyclic) bond motifs is 1. The molecule has 0 bridgehead atoms. The van der Waals surface area contributed by atoms with Crippen LogP contribution in [0.5, 0.6) is 0 Å². The molecule has 4 heteroatoms. The second-order valence-corrected chi connectivity index (χ2v) is 3.89. The van der Waals surface area contributed by atoms with Gasteiger partial charge in [0.05, 0.1) is 5.52 Å². The van der Waals surface area contributed by atoms with Crippen LogP contribution in [0.15, 0.2) is 30.3 Å². The molecular weight excluding hydrogens is 205 g/mol. The van der Waals surface area contributed by atoms with Crippen molar-refractivity contribution < 1.29 is 4.39 Å². The highest BCUT2D eigenvalue weighted by Gasteiger charge is 2.00. The van der Waals surface area contributed by atoms with Crippen LogP contribution in [-0.2, 0) is 0 Å². The highest BCUT2D eigenvalue weighted by atomic mass is 19.1. The average molecular weight is 219 g/mol. The summed E-state index contributed by atoms with van der Waals surface area (Å²) in [4.78, 5) is 4.35. The van der Waals surface area contributed by atoms with Gasteiger partial charge in [-0.1, -0.05) is 0 Å². The summed E-state index contributed by atoms with van der Waals surface area (Å²) in [7, 11) is 0. The van der Waals surface area contributed by atoms with Crippen molar-refractivity contribution in [2.24, 2.45) is 5.73 Å². The maximum Gasteiger partial charge on any atom is 0.126 e. The first-order valence-corrected chi connectivity index (χ1v) is 5.21. The number of anilines is 1. The standard InChI is InChI=1S/C12H14FN3/c1-8(14)7-15-12-5-2-9-6-10(13)3-4-11(9)16-12/h2-6,8H,7,14H2,1H3,(H,15,16). The zero-order valence-electron chi connectivity index (χ0n) is 9.07. The van der Waals surface area contributed by atoms with E-state index in [2.05, 4.69) is 10.3 Å². The van der Waals surface area contributed by atoms with Crippen molar-refractivity contribution >= 4 is 16.7 Å². The number of rotatable bonds is 3. The maximum absolute atomic E-state index is 12.9. The number of nitrogens with two attached hydrogens (primary N) is 1. The molecule has 0 radical (unpaired) electrons. The van der Waals surface area contributed by atoms with E-state index >= 15 is 0 Å².